The van der Waals surface area contributed by atoms with Gasteiger partial charge in [0.25, 0.3) is 0 Å². The summed E-state index contributed by atoms with van der Waals surface area (Å²) in [5.74, 6) is 0.750. The number of fused-ring (bicyclic) bond motifs is 1. The Morgan fingerprint density at radius 3 is 2.67 bits per heavy atom. The average molecular weight is 321 g/mol. The first kappa shape index (κ1) is 13.2. The molecule has 0 saturated heterocycles. The van der Waals surface area contributed by atoms with Gasteiger partial charge in [0, 0.05) is 0 Å². The SMILES string of the molecule is CC=C(C)C(=S)Oc1ccc2ccccc2c1Br. The van der Waals surface area contributed by atoms with Gasteiger partial charge >= 0.3 is 0 Å². The van der Waals surface area contributed by atoms with Crippen LogP contribution in [0.25, 0.3) is 10.8 Å². The zero-order valence-corrected chi connectivity index (χ0v) is 12.6. The molecule has 2 aromatic carbocycles. The minimum absolute atomic E-state index is 0.508. The second-order valence-corrected chi connectivity index (χ2v) is 5.12. The van der Waals surface area contributed by atoms with Crippen LogP contribution in [0.1, 0.15) is 13.8 Å². The van der Waals surface area contributed by atoms with Crippen molar-refractivity contribution in [3.63, 3.8) is 0 Å². The standard InChI is InChI=1S/C15H13BrOS/c1-3-10(2)15(18)17-13-9-8-11-6-4-5-7-12(11)14(13)16/h3-9H,1-2H3. The molecule has 0 N–H and O–H groups in total. The van der Waals surface area contributed by atoms with Gasteiger partial charge in [-0.25, -0.2) is 0 Å². The number of hydrogen-bond donors (Lipinski definition) is 0. The zero-order valence-electron chi connectivity index (χ0n) is 10.2. The lowest BCUT2D eigenvalue weighted by atomic mass is 10.1. The second-order valence-electron chi connectivity index (χ2n) is 3.96. The molecular weight excluding hydrogens is 308 g/mol. The monoisotopic (exact) mass is 320 g/mol. The van der Waals surface area contributed by atoms with E-state index in [2.05, 4.69) is 28.1 Å². The van der Waals surface area contributed by atoms with E-state index >= 15 is 0 Å². The highest BCUT2D eigenvalue weighted by Gasteiger charge is 2.08. The van der Waals surface area contributed by atoms with Gasteiger partial charge in [-0.3, -0.25) is 0 Å². The minimum atomic E-state index is 0.508. The lowest BCUT2D eigenvalue weighted by Gasteiger charge is -2.10. The molecule has 0 aliphatic heterocycles. The lowest BCUT2D eigenvalue weighted by Crippen LogP contribution is -2.06. The van der Waals surface area contributed by atoms with E-state index in [1.165, 1.54) is 5.39 Å². The summed E-state index contributed by atoms with van der Waals surface area (Å²) in [7, 11) is 0. The van der Waals surface area contributed by atoms with Crippen molar-refractivity contribution >= 4 is 44.0 Å². The van der Waals surface area contributed by atoms with E-state index in [-0.39, 0.29) is 0 Å². The molecule has 3 heteroatoms. The van der Waals surface area contributed by atoms with Gasteiger partial charge in [0.2, 0.25) is 0 Å². The van der Waals surface area contributed by atoms with Crippen LogP contribution in [0.15, 0.2) is 52.5 Å². The molecule has 2 aromatic rings. The van der Waals surface area contributed by atoms with Crippen LogP contribution in [-0.2, 0) is 0 Å². The van der Waals surface area contributed by atoms with Crippen molar-refractivity contribution in [2.75, 3.05) is 0 Å². The Balaban J connectivity index is 2.41. The fourth-order valence-electron chi connectivity index (χ4n) is 1.59. The average Bonchev–Trinajstić information content (AvgIpc) is 2.41. The van der Waals surface area contributed by atoms with Crippen LogP contribution < -0.4 is 4.74 Å². The summed E-state index contributed by atoms with van der Waals surface area (Å²) in [6, 6.07) is 12.1. The van der Waals surface area contributed by atoms with E-state index in [1.54, 1.807) is 0 Å². The first-order valence-corrected chi connectivity index (χ1v) is 6.86. The van der Waals surface area contributed by atoms with Gasteiger partial charge in [-0.2, -0.15) is 0 Å². The Hall–Kier alpha value is -1.19. The van der Waals surface area contributed by atoms with E-state index in [1.807, 2.05) is 44.2 Å². The molecule has 2 rings (SSSR count). The molecule has 0 bridgehead atoms. The predicted molar refractivity (Wildman–Crippen MR) is 84.3 cm³/mol. The first-order valence-electron chi connectivity index (χ1n) is 5.66. The number of benzene rings is 2. The maximum absolute atomic E-state index is 5.72. The Labute approximate surface area is 121 Å². The van der Waals surface area contributed by atoms with Gasteiger partial charge in [0.05, 0.1) is 4.47 Å². The number of allylic oxidation sites excluding steroid dienone is 1. The summed E-state index contributed by atoms with van der Waals surface area (Å²) >= 11 is 8.81. The van der Waals surface area contributed by atoms with E-state index in [4.69, 9.17) is 17.0 Å². The molecule has 0 radical (unpaired) electrons. The van der Waals surface area contributed by atoms with Crippen LogP contribution >= 0.6 is 28.1 Å². The van der Waals surface area contributed by atoms with Crippen LogP contribution in [-0.4, -0.2) is 5.05 Å². The highest BCUT2D eigenvalue weighted by molar-refractivity contribution is 9.10. The largest absolute Gasteiger partial charge is 0.444 e. The molecule has 0 amide bonds. The van der Waals surface area contributed by atoms with E-state index < -0.39 is 0 Å². The summed E-state index contributed by atoms with van der Waals surface area (Å²) in [6.07, 6.45) is 1.94. The first-order chi connectivity index (χ1) is 8.63. The third-order valence-electron chi connectivity index (χ3n) is 2.79. The molecule has 92 valence electrons. The van der Waals surface area contributed by atoms with Crippen molar-refractivity contribution in [2.45, 2.75) is 13.8 Å². The van der Waals surface area contributed by atoms with Gasteiger partial charge in [0.1, 0.15) is 5.75 Å². The van der Waals surface area contributed by atoms with Crippen molar-refractivity contribution in [2.24, 2.45) is 0 Å². The fraction of sp³-hybridized carbons (Fsp3) is 0.133. The van der Waals surface area contributed by atoms with Gasteiger partial charge in [0.15, 0.2) is 5.05 Å². The van der Waals surface area contributed by atoms with Crippen molar-refractivity contribution in [3.8, 4) is 5.75 Å². The van der Waals surface area contributed by atoms with Crippen LogP contribution in [0.4, 0.5) is 0 Å². The summed E-state index contributed by atoms with van der Waals surface area (Å²) in [4.78, 5) is 0. The van der Waals surface area contributed by atoms with Crippen LogP contribution in [0.3, 0.4) is 0 Å². The molecule has 0 spiro atoms. The normalized spacial score (nSPS) is 11.6. The number of thiocarbonyl (C=S) groups is 1. The van der Waals surface area contributed by atoms with Crippen molar-refractivity contribution < 1.29 is 4.74 Å². The van der Waals surface area contributed by atoms with E-state index in [9.17, 15) is 0 Å². The van der Waals surface area contributed by atoms with Gasteiger partial charge in [-0.1, -0.05) is 36.4 Å². The molecule has 0 aliphatic rings. The van der Waals surface area contributed by atoms with Crippen LogP contribution in [0.5, 0.6) is 5.75 Å². The van der Waals surface area contributed by atoms with E-state index in [0.29, 0.717) is 5.05 Å². The topological polar surface area (TPSA) is 9.23 Å². The molecule has 0 aliphatic carbocycles. The molecule has 0 aromatic heterocycles. The number of rotatable bonds is 2. The Bertz CT molecular complexity index is 631. The summed E-state index contributed by atoms with van der Waals surface area (Å²) in [5.41, 5.74) is 0.963. The Morgan fingerprint density at radius 2 is 1.94 bits per heavy atom. The zero-order chi connectivity index (χ0) is 13.1. The minimum Gasteiger partial charge on any atom is -0.444 e. The van der Waals surface area contributed by atoms with Crippen LogP contribution in [0, 0.1) is 0 Å². The molecular formula is C15H13BrOS. The van der Waals surface area contributed by atoms with Gasteiger partial charge < -0.3 is 4.74 Å². The molecule has 0 unspecified atom stereocenters. The number of ether oxygens (including phenoxy) is 1. The Morgan fingerprint density at radius 1 is 1.22 bits per heavy atom. The molecule has 18 heavy (non-hydrogen) atoms. The molecule has 0 atom stereocenters. The lowest BCUT2D eigenvalue weighted by molar-refractivity contribution is 0.562. The molecule has 0 fully saturated rings. The summed E-state index contributed by atoms with van der Waals surface area (Å²) in [6.45, 7) is 3.89. The maximum atomic E-state index is 5.72. The Kier molecular flexibility index (Phi) is 4.15. The summed E-state index contributed by atoms with van der Waals surface area (Å²) in [5, 5.41) is 2.80. The smallest absolute Gasteiger partial charge is 0.193 e. The summed E-state index contributed by atoms with van der Waals surface area (Å²) < 4.78 is 6.66. The quantitative estimate of drug-likeness (QED) is 0.550. The fourth-order valence-corrected chi connectivity index (χ4v) is 2.37. The third-order valence-corrected chi connectivity index (χ3v) is 4.01. The maximum Gasteiger partial charge on any atom is 0.193 e. The van der Waals surface area contributed by atoms with Gasteiger partial charge in [-0.15, -0.1) is 0 Å². The van der Waals surface area contributed by atoms with Crippen molar-refractivity contribution in [3.05, 3.63) is 52.5 Å². The predicted octanol–water partition coefficient (Wildman–Crippen LogP) is 5.27. The highest BCUT2D eigenvalue weighted by Crippen LogP contribution is 2.33. The van der Waals surface area contributed by atoms with Crippen LogP contribution in [0.2, 0.25) is 0 Å². The van der Waals surface area contributed by atoms with Gasteiger partial charge in [-0.05, 0) is 64.4 Å². The number of halogens is 1. The van der Waals surface area contributed by atoms with Crippen molar-refractivity contribution in [1.82, 2.24) is 0 Å². The second kappa shape index (κ2) is 5.63. The van der Waals surface area contributed by atoms with E-state index in [0.717, 1.165) is 21.2 Å². The highest BCUT2D eigenvalue weighted by atomic mass is 79.9. The third kappa shape index (κ3) is 2.62. The molecule has 0 heterocycles. The number of hydrogen-bond acceptors (Lipinski definition) is 2. The van der Waals surface area contributed by atoms with Crippen molar-refractivity contribution in [1.29, 1.82) is 0 Å². The molecule has 0 saturated carbocycles. The molecule has 1 nitrogen and oxygen atoms in total.